The van der Waals surface area contributed by atoms with Crippen LogP contribution in [-0.2, 0) is 17.5 Å². The molecular formula is C19H23F3N6O. The highest BCUT2D eigenvalue weighted by Crippen LogP contribution is 2.29. The standard InChI is InChI=1S/C19H23F3N6O/c20-19(21,22)15-3-5-16(6-4-15)28-17(23-24-25-28)13-26-11-7-14(8-12-26)18(29)27-9-1-2-10-27/h3-6,14H,1-2,7-13H2. The number of aromatic nitrogens is 4. The van der Waals surface area contributed by atoms with Crippen LogP contribution in [0.1, 0.15) is 37.1 Å². The maximum atomic E-state index is 12.8. The molecule has 1 aromatic carbocycles. The summed E-state index contributed by atoms with van der Waals surface area (Å²) in [4.78, 5) is 16.7. The number of rotatable bonds is 4. The van der Waals surface area contributed by atoms with Gasteiger partial charge in [-0.2, -0.15) is 17.9 Å². The molecular weight excluding hydrogens is 385 g/mol. The smallest absolute Gasteiger partial charge is 0.342 e. The number of halogens is 3. The van der Waals surface area contributed by atoms with Crippen LogP contribution in [0.4, 0.5) is 13.2 Å². The molecule has 0 N–H and O–H groups in total. The zero-order valence-corrected chi connectivity index (χ0v) is 16.0. The van der Waals surface area contributed by atoms with Gasteiger partial charge in [0.2, 0.25) is 5.91 Å². The lowest BCUT2D eigenvalue weighted by Crippen LogP contribution is -2.41. The summed E-state index contributed by atoms with van der Waals surface area (Å²) in [6.07, 6.45) is -0.582. The van der Waals surface area contributed by atoms with Gasteiger partial charge in [0.15, 0.2) is 5.82 Å². The van der Waals surface area contributed by atoms with Crippen molar-refractivity contribution < 1.29 is 18.0 Å². The van der Waals surface area contributed by atoms with Crippen molar-refractivity contribution in [1.82, 2.24) is 30.0 Å². The average molecular weight is 408 g/mol. The Kier molecular flexibility index (Phi) is 5.53. The molecule has 7 nitrogen and oxygen atoms in total. The Bertz CT molecular complexity index is 836. The second-order valence-electron chi connectivity index (χ2n) is 7.63. The highest BCUT2D eigenvalue weighted by Gasteiger charge is 2.31. The van der Waals surface area contributed by atoms with Crippen molar-refractivity contribution in [2.75, 3.05) is 26.2 Å². The summed E-state index contributed by atoms with van der Waals surface area (Å²) < 4.78 is 39.7. The number of hydrogen-bond donors (Lipinski definition) is 0. The third-order valence-corrected chi connectivity index (χ3v) is 5.69. The summed E-state index contributed by atoms with van der Waals surface area (Å²) >= 11 is 0. The zero-order valence-electron chi connectivity index (χ0n) is 16.0. The van der Waals surface area contributed by atoms with Gasteiger partial charge < -0.3 is 4.90 Å². The van der Waals surface area contributed by atoms with Gasteiger partial charge in [0.25, 0.3) is 0 Å². The van der Waals surface area contributed by atoms with Crippen LogP contribution >= 0.6 is 0 Å². The van der Waals surface area contributed by atoms with Crippen LogP contribution in [0.5, 0.6) is 0 Å². The highest BCUT2D eigenvalue weighted by atomic mass is 19.4. The predicted octanol–water partition coefficient (Wildman–Crippen LogP) is 2.52. The van der Waals surface area contributed by atoms with Gasteiger partial charge in [0, 0.05) is 19.0 Å². The molecule has 2 aliphatic heterocycles. The van der Waals surface area contributed by atoms with E-state index in [1.807, 2.05) is 4.90 Å². The summed E-state index contributed by atoms with van der Waals surface area (Å²) in [5.74, 6) is 0.918. The molecule has 0 bridgehead atoms. The highest BCUT2D eigenvalue weighted by molar-refractivity contribution is 5.79. The van der Waals surface area contributed by atoms with Gasteiger partial charge in [-0.1, -0.05) is 0 Å². The fourth-order valence-corrected chi connectivity index (χ4v) is 4.03. The quantitative estimate of drug-likeness (QED) is 0.778. The number of piperidine rings is 1. The Morgan fingerprint density at radius 1 is 1.03 bits per heavy atom. The molecule has 3 heterocycles. The van der Waals surface area contributed by atoms with E-state index < -0.39 is 11.7 Å². The van der Waals surface area contributed by atoms with Gasteiger partial charge >= 0.3 is 6.18 Å². The number of nitrogens with zero attached hydrogens (tertiary/aromatic N) is 6. The van der Waals surface area contributed by atoms with Crippen molar-refractivity contribution in [3.63, 3.8) is 0 Å². The first kappa shape index (κ1) is 19.8. The van der Waals surface area contributed by atoms with Crippen LogP contribution < -0.4 is 0 Å². The Morgan fingerprint density at radius 3 is 2.31 bits per heavy atom. The van der Waals surface area contributed by atoms with Crippen molar-refractivity contribution in [3.05, 3.63) is 35.7 Å². The lowest BCUT2D eigenvalue weighted by atomic mass is 9.95. The van der Waals surface area contributed by atoms with Crippen LogP contribution in [0.25, 0.3) is 5.69 Å². The molecule has 1 amide bonds. The third kappa shape index (κ3) is 4.42. The topological polar surface area (TPSA) is 67.2 Å². The summed E-state index contributed by atoms with van der Waals surface area (Å²) in [7, 11) is 0. The number of amides is 1. The van der Waals surface area contributed by atoms with Crippen LogP contribution in [0.3, 0.4) is 0 Å². The van der Waals surface area contributed by atoms with E-state index in [1.54, 1.807) is 0 Å². The second-order valence-corrected chi connectivity index (χ2v) is 7.63. The van der Waals surface area contributed by atoms with Crippen molar-refractivity contribution in [3.8, 4) is 5.69 Å². The molecule has 0 aliphatic carbocycles. The lowest BCUT2D eigenvalue weighted by molar-refractivity contribution is -0.137. The van der Waals surface area contributed by atoms with Crippen LogP contribution in [0.15, 0.2) is 24.3 Å². The third-order valence-electron chi connectivity index (χ3n) is 5.69. The molecule has 156 valence electrons. The monoisotopic (exact) mass is 408 g/mol. The number of carbonyl (C=O) groups is 1. The van der Waals surface area contributed by atoms with Crippen LogP contribution in [0.2, 0.25) is 0 Å². The van der Waals surface area contributed by atoms with Gasteiger partial charge in [-0.05, 0) is 73.5 Å². The number of benzene rings is 1. The first-order valence-corrected chi connectivity index (χ1v) is 9.88. The molecule has 2 aliphatic rings. The molecule has 0 saturated carbocycles. The first-order valence-electron chi connectivity index (χ1n) is 9.88. The normalized spacial score (nSPS) is 19.1. The van der Waals surface area contributed by atoms with E-state index in [9.17, 15) is 18.0 Å². The molecule has 1 aromatic heterocycles. The van der Waals surface area contributed by atoms with E-state index in [4.69, 9.17) is 0 Å². The minimum absolute atomic E-state index is 0.0789. The van der Waals surface area contributed by atoms with Crippen molar-refractivity contribution in [2.24, 2.45) is 5.92 Å². The fraction of sp³-hybridized carbons (Fsp3) is 0.579. The Labute approximate surface area is 166 Å². The minimum Gasteiger partial charge on any atom is -0.342 e. The Balaban J connectivity index is 1.37. The van der Waals surface area contributed by atoms with Crippen molar-refractivity contribution in [1.29, 1.82) is 0 Å². The predicted molar refractivity (Wildman–Crippen MR) is 98.0 cm³/mol. The molecule has 2 aromatic rings. The maximum absolute atomic E-state index is 12.8. The SMILES string of the molecule is O=C(C1CCN(Cc2nnnn2-c2ccc(C(F)(F)F)cc2)CC1)N1CCCC1. The molecule has 10 heteroatoms. The van der Waals surface area contributed by atoms with E-state index in [2.05, 4.69) is 20.4 Å². The number of tetrazole rings is 1. The van der Waals surface area contributed by atoms with E-state index in [0.717, 1.165) is 64.0 Å². The molecule has 2 saturated heterocycles. The molecule has 0 unspecified atom stereocenters. The van der Waals surface area contributed by atoms with Gasteiger partial charge in [-0.3, -0.25) is 9.69 Å². The number of carbonyl (C=O) groups excluding carboxylic acids is 1. The maximum Gasteiger partial charge on any atom is 0.416 e. The van der Waals surface area contributed by atoms with Gasteiger partial charge in [-0.25, -0.2) is 0 Å². The summed E-state index contributed by atoms with van der Waals surface area (Å²) in [6, 6.07) is 4.78. The molecule has 0 radical (unpaired) electrons. The van der Waals surface area contributed by atoms with Gasteiger partial charge in [-0.15, -0.1) is 5.10 Å². The van der Waals surface area contributed by atoms with E-state index in [-0.39, 0.29) is 11.8 Å². The largest absolute Gasteiger partial charge is 0.416 e. The molecule has 2 fully saturated rings. The average Bonchev–Trinajstić information content (AvgIpc) is 3.40. The number of likely N-dealkylation sites (tertiary alicyclic amines) is 2. The Morgan fingerprint density at radius 2 is 1.69 bits per heavy atom. The van der Waals surface area contributed by atoms with E-state index in [1.165, 1.54) is 16.8 Å². The van der Waals surface area contributed by atoms with Crippen LogP contribution in [0, 0.1) is 5.92 Å². The van der Waals surface area contributed by atoms with E-state index >= 15 is 0 Å². The Hall–Kier alpha value is -2.49. The molecule has 0 spiro atoms. The van der Waals surface area contributed by atoms with Crippen molar-refractivity contribution in [2.45, 2.75) is 38.4 Å². The van der Waals surface area contributed by atoms with Gasteiger partial charge in [0.05, 0.1) is 17.8 Å². The molecule has 0 atom stereocenters. The van der Waals surface area contributed by atoms with Crippen molar-refractivity contribution >= 4 is 5.91 Å². The summed E-state index contributed by atoms with van der Waals surface area (Å²) in [5, 5.41) is 11.6. The first-order chi connectivity index (χ1) is 13.9. The second kappa shape index (κ2) is 8.10. The molecule has 29 heavy (non-hydrogen) atoms. The van der Waals surface area contributed by atoms with Crippen LogP contribution in [-0.4, -0.2) is 62.1 Å². The lowest BCUT2D eigenvalue weighted by Gasteiger charge is -2.32. The summed E-state index contributed by atoms with van der Waals surface area (Å²) in [5.41, 5.74) is -0.224. The van der Waals surface area contributed by atoms with E-state index in [0.29, 0.717) is 18.1 Å². The fourth-order valence-electron chi connectivity index (χ4n) is 4.03. The number of hydrogen-bond acceptors (Lipinski definition) is 5. The zero-order chi connectivity index (χ0) is 20.4. The minimum atomic E-state index is -4.38. The van der Waals surface area contributed by atoms with Gasteiger partial charge in [0.1, 0.15) is 0 Å². The summed E-state index contributed by atoms with van der Waals surface area (Å²) in [6.45, 7) is 3.77. The number of alkyl halides is 3. The molecule has 4 rings (SSSR count).